The Morgan fingerprint density at radius 2 is 1.80 bits per heavy atom. The lowest BCUT2D eigenvalue weighted by Gasteiger charge is -2.09. The van der Waals surface area contributed by atoms with Gasteiger partial charge < -0.3 is 25.0 Å². The number of nitrogens with one attached hydrogen (secondary N) is 1. The lowest BCUT2D eigenvalue weighted by atomic mass is 10.1. The minimum atomic E-state index is -1.25. The van der Waals surface area contributed by atoms with Gasteiger partial charge in [0, 0.05) is 6.08 Å². The first-order valence-electron chi connectivity index (χ1n) is 7.22. The van der Waals surface area contributed by atoms with E-state index in [9.17, 15) is 14.7 Å². The Labute approximate surface area is 144 Å². The summed E-state index contributed by atoms with van der Waals surface area (Å²) < 4.78 is 10.3. The number of rotatable bonds is 6. The smallest absolute Gasteiger partial charge is 0.337 e. The van der Waals surface area contributed by atoms with E-state index < -0.39 is 11.9 Å². The molecule has 0 bridgehead atoms. The number of carboxylic acid groups (broad SMARTS) is 1. The summed E-state index contributed by atoms with van der Waals surface area (Å²) in [5.74, 6) is -1.09. The lowest BCUT2D eigenvalue weighted by molar-refractivity contribution is -0.111. The highest BCUT2D eigenvalue weighted by atomic mass is 16.5. The number of para-hydroxylation sites is 1. The molecule has 0 aliphatic carbocycles. The fraction of sp³-hybridized carbons (Fsp3) is 0.111. The van der Waals surface area contributed by atoms with Gasteiger partial charge in [-0.2, -0.15) is 0 Å². The fourth-order valence-corrected chi connectivity index (χ4v) is 2.14. The number of amides is 1. The quantitative estimate of drug-likeness (QED) is 0.550. The fourth-order valence-electron chi connectivity index (χ4n) is 2.14. The Hall–Kier alpha value is -3.48. The number of phenolic OH excluding ortho intramolecular Hbond substituents is 1. The largest absolute Gasteiger partial charge is 0.506 e. The molecule has 0 heterocycles. The molecule has 0 atom stereocenters. The van der Waals surface area contributed by atoms with Gasteiger partial charge in [-0.05, 0) is 35.9 Å². The number of aromatic hydroxyl groups is 1. The van der Waals surface area contributed by atoms with Gasteiger partial charge in [-0.1, -0.05) is 12.1 Å². The van der Waals surface area contributed by atoms with Crippen molar-refractivity contribution in [3.8, 4) is 17.2 Å². The van der Waals surface area contributed by atoms with Crippen LogP contribution in [0.25, 0.3) is 6.08 Å². The number of ether oxygens (including phenoxy) is 2. The first kappa shape index (κ1) is 17.9. The normalized spacial score (nSPS) is 10.5. The van der Waals surface area contributed by atoms with E-state index in [-0.39, 0.29) is 17.0 Å². The van der Waals surface area contributed by atoms with Gasteiger partial charge in [-0.3, -0.25) is 4.79 Å². The second-order valence-corrected chi connectivity index (χ2v) is 4.94. The third-order valence-electron chi connectivity index (χ3n) is 3.36. The Morgan fingerprint density at radius 1 is 1.08 bits per heavy atom. The molecule has 0 fully saturated rings. The third kappa shape index (κ3) is 4.29. The van der Waals surface area contributed by atoms with Gasteiger partial charge in [0.1, 0.15) is 5.75 Å². The molecule has 0 saturated carbocycles. The molecule has 7 heteroatoms. The van der Waals surface area contributed by atoms with Crippen molar-refractivity contribution < 1.29 is 29.3 Å². The monoisotopic (exact) mass is 343 g/mol. The van der Waals surface area contributed by atoms with Gasteiger partial charge in [0.2, 0.25) is 5.91 Å². The van der Waals surface area contributed by atoms with Crippen LogP contribution in [0.15, 0.2) is 42.5 Å². The van der Waals surface area contributed by atoms with Crippen LogP contribution in [0.4, 0.5) is 5.69 Å². The zero-order valence-corrected chi connectivity index (χ0v) is 13.6. The van der Waals surface area contributed by atoms with Crippen LogP contribution in [0.3, 0.4) is 0 Å². The number of anilines is 1. The number of aromatic carboxylic acids is 1. The minimum absolute atomic E-state index is 0.156. The number of hydrogen-bond donors (Lipinski definition) is 3. The summed E-state index contributed by atoms with van der Waals surface area (Å²) in [5.41, 5.74) is 0.327. The Kier molecular flexibility index (Phi) is 5.62. The first-order valence-corrected chi connectivity index (χ1v) is 7.22. The molecule has 0 aromatic heterocycles. The molecule has 0 aliphatic heterocycles. The SMILES string of the molecule is COc1ccc(/C=C\C(=O)Nc2c(O)cccc2C(=O)O)cc1OC. The van der Waals surface area contributed by atoms with Crippen molar-refractivity contribution in [2.75, 3.05) is 19.5 Å². The Bertz CT molecular complexity index is 828. The Morgan fingerprint density at radius 3 is 2.44 bits per heavy atom. The molecular formula is C18H17NO6. The van der Waals surface area contributed by atoms with Gasteiger partial charge in [-0.15, -0.1) is 0 Å². The zero-order chi connectivity index (χ0) is 18.4. The van der Waals surface area contributed by atoms with Crippen molar-refractivity contribution in [1.29, 1.82) is 0 Å². The maximum atomic E-state index is 12.0. The third-order valence-corrected chi connectivity index (χ3v) is 3.36. The lowest BCUT2D eigenvalue weighted by Crippen LogP contribution is -2.12. The van der Waals surface area contributed by atoms with E-state index in [1.54, 1.807) is 18.2 Å². The predicted molar refractivity (Wildman–Crippen MR) is 92.3 cm³/mol. The van der Waals surface area contributed by atoms with Crippen LogP contribution in [-0.2, 0) is 4.79 Å². The van der Waals surface area contributed by atoms with E-state index in [0.717, 1.165) is 0 Å². The molecule has 0 aliphatic rings. The van der Waals surface area contributed by atoms with Gasteiger partial charge >= 0.3 is 5.97 Å². The molecule has 7 nitrogen and oxygen atoms in total. The van der Waals surface area contributed by atoms with Crippen LogP contribution in [0.1, 0.15) is 15.9 Å². The van der Waals surface area contributed by atoms with Crippen LogP contribution in [0.5, 0.6) is 17.2 Å². The molecule has 0 saturated heterocycles. The van der Waals surface area contributed by atoms with Crippen LogP contribution < -0.4 is 14.8 Å². The summed E-state index contributed by atoms with van der Waals surface area (Å²) in [6, 6.07) is 9.07. The van der Waals surface area contributed by atoms with Gasteiger partial charge in [0.25, 0.3) is 0 Å². The molecule has 1 amide bonds. The molecule has 25 heavy (non-hydrogen) atoms. The molecule has 2 aromatic rings. The first-order chi connectivity index (χ1) is 12.0. The Balaban J connectivity index is 2.18. The van der Waals surface area contributed by atoms with E-state index in [2.05, 4.69) is 5.32 Å². The average Bonchev–Trinajstić information content (AvgIpc) is 2.61. The van der Waals surface area contributed by atoms with Crippen LogP contribution in [-0.4, -0.2) is 36.3 Å². The van der Waals surface area contributed by atoms with Crippen molar-refractivity contribution in [3.05, 3.63) is 53.6 Å². The summed E-state index contributed by atoms with van der Waals surface area (Å²) >= 11 is 0. The van der Waals surface area contributed by atoms with Gasteiger partial charge in [-0.25, -0.2) is 4.79 Å². The summed E-state index contributed by atoms with van der Waals surface area (Å²) in [7, 11) is 3.02. The number of carbonyl (C=O) groups excluding carboxylic acids is 1. The second kappa shape index (κ2) is 7.87. The molecular weight excluding hydrogens is 326 g/mol. The standard InChI is InChI=1S/C18H17NO6/c1-24-14-8-6-11(10-15(14)25-2)7-9-16(21)19-17-12(18(22)23)4-3-5-13(17)20/h3-10,20H,1-2H3,(H,19,21)(H,22,23)/b9-7-. The highest BCUT2D eigenvalue weighted by Gasteiger charge is 2.15. The van der Waals surface area contributed by atoms with E-state index in [4.69, 9.17) is 14.6 Å². The number of phenols is 1. The van der Waals surface area contributed by atoms with Crippen molar-refractivity contribution in [3.63, 3.8) is 0 Å². The summed E-state index contributed by atoms with van der Waals surface area (Å²) in [5, 5.41) is 21.2. The van der Waals surface area contributed by atoms with E-state index in [1.807, 2.05) is 0 Å². The van der Waals surface area contributed by atoms with E-state index >= 15 is 0 Å². The summed E-state index contributed by atoms with van der Waals surface area (Å²) in [4.78, 5) is 23.2. The van der Waals surface area contributed by atoms with Crippen LogP contribution in [0, 0.1) is 0 Å². The van der Waals surface area contributed by atoms with E-state index in [1.165, 1.54) is 44.6 Å². The number of carbonyl (C=O) groups is 2. The highest BCUT2D eigenvalue weighted by Crippen LogP contribution is 2.29. The zero-order valence-electron chi connectivity index (χ0n) is 13.6. The highest BCUT2D eigenvalue weighted by molar-refractivity contribution is 6.07. The predicted octanol–water partition coefficient (Wildman–Crippen LogP) is 2.76. The molecule has 2 aromatic carbocycles. The van der Waals surface area contributed by atoms with Crippen LogP contribution >= 0.6 is 0 Å². The van der Waals surface area contributed by atoms with Gasteiger partial charge in [0.15, 0.2) is 11.5 Å². The minimum Gasteiger partial charge on any atom is -0.506 e. The van der Waals surface area contributed by atoms with Gasteiger partial charge in [0.05, 0.1) is 25.5 Å². The maximum absolute atomic E-state index is 12.0. The molecule has 0 unspecified atom stereocenters. The van der Waals surface area contributed by atoms with E-state index in [0.29, 0.717) is 17.1 Å². The molecule has 0 spiro atoms. The van der Waals surface area contributed by atoms with Crippen molar-refractivity contribution >= 4 is 23.6 Å². The van der Waals surface area contributed by atoms with Crippen LogP contribution in [0.2, 0.25) is 0 Å². The van der Waals surface area contributed by atoms with Crippen molar-refractivity contribution in [2.45, 2.75) is 0 Å². The summed E-state index contributed by atoms with van der Waals surface area (Å²) in [6.45, 7) is 0. The molecule has 130 valence electrons. The number of benzene rings is 2. The topological polar surface area (TPSA) is 105 Å². The summed E-state index contributed by atoms with van der Waals surface area (Å²) in [6.07, 6.45) is 2.75. The number of carboxylic acids is 1. The molecule has 3 N–H and O–H groups in total. The van der Waals surface area contributed by atoms with Crippen molar-refractivity contribution in [1.82, 2.24) is 0 Å². The second-order valence-electron chi connectivity index (χ2n) is 4.94. The molecule has 0 radical (unpaired) electrons. The molecule has 2 rings (SSSR count). The average molecular weight is 343 g/mol. The van der Waals surface area contributed by atoms with Crippen molar-refractivity contribution in [2.24, 2.45) is 0 Å². The number of hydrogen-bond acceptors (Lipinski definition) is 5. The number of methoxy groups -OCH3 is 2. The maximum Gasteiger partial charge on any atom is 0.337 e.